The van der Waals surface area contributed by atoms with Crippen LogP contribution in [-0.4, -0.2) is 26.0 Å². The molecule has 1 aromatic carbocycles. The Morgan fingerprint density at radius 2 is 1.89 bits per heavy atom. The van der Waals surface area contributed by atoms with Gasteiger partial charge in [0.1, 0.15) is 19.0 Å². The maximum atomic E-state index is 10.8. The van der Waals surface area contributed by atoms with Crippen molar-refractivity contribution in [1.82, 2.24) is 0 Å². The average molecular weight is 250 g/mol. The zero-order valence-electron chi connectivity index (χ0n) is 10.6. The Kier molecular flexibility index (Phi) is 4.45. The average Bonchev–Trinajstić information content (AvgIpc) is 2.41. The Balaban J connectivity index is 1.89. The largest absolute Gasteiger partial charge is 0.508 e. The number of hydrogen-bond acceptors (Lipinski definition) is 4. The summed E-state index contributed by atoms with van der Waals surface area (Å²) in [6.07, 6.45) is 1.61. The highest BCUT2D eigenvalue weighted by Crippen LogP contribution is 2.23. The van der Waals surface area contributed by atoms with E-state index >= 15 is 0 Å². The molecule has 2 rings (SSSR count). The lowest BCUT2D eigenvalue weighted by Gasteiger charge is -2.22. The van der Waals surface area contributed by atoms with Crippen molar-refractivity contribution in [3.8, 4) is 5.75 Å². The van der Waals surface area contributed by atoms with E-state index in [-0.39, 0.29) is 5.92 Å². The molecule has 1 fully saturated rings. The zero-order chi connectivity index (χ0) is 12.8. The molecule has 98 valence electrons. The predicted molar refractivity (Wildman–Crippen MR) is 66.9 cm³/mol. The van der Waals surface area contributed by atoms with Crippen molar-refractivity contribution in [3.63, 3.8) is 0 Å². The summed E-state index contributed by atoms with van der Waals surface area (Å²) in [6.45, 7) is 3.65. The van der Waals surface area contributed by atoms with Crippen molar-refractivity contribution < 1.29 is 19.0 Å². The summed E-state index contributed by atoms with van der Waals surface area (Å²) in [5, 5.41) is 0. The van der Waals surface area contributed by atoms with E-state index in [0.717, 1.165) is 30.8 Å². The summed E-state index contributed by atoms with van der Waals surface area (Å²) in [7, 11) is 0. The number of cyclic esters (lactones) is 2. The quantitative estimate of drug-likeness (QED) is 0.595. The van der Waals surface area contributed by atoms with E-state index in [4.69, 9.17) is 14.2 Å². The van der Waals surface area contributed by atoms with Crippen LogP contribution in [0.25, 0.3) is 0 Å². The van der Waals surface area contributed by atoms with Gasteiger partial charge in [0.2, 0.25) is 0 Å². The molecule has 0 aliphatic carbocycles. The summed E-state index contributed by atoms with van der Waals surface area (Å²) in [4.78, 5) is 10.8. The number of unbranched alkanes of at least 4 members (excludes halogenated alkanes) is 1. The van der Waals surface area contributed by atoms with Gasteiger partial charge in [0.05, 0.1) is 12.5 Å². The topological polar surface area (TPSA) is 44.8 Å². The zero-order valence-corrected chi connectivity index (χ0v) is 10.6. The van der Waals surface area contributed by atoms with Gasteiger partial charge in [0, 0.05) is 0 Å². The van der Waals surface area contributed by atoms with Crippen molar-refractivity contribution >= 4 is 6.16 Å². The summed E-state index contributed by atoms with van der Waals surface area (Å²) < 4.78 is 15.3. The maximum Gasteiger partial charge on any atom is 0.508 e. The molecule has 0 atom stereocenters. The summed E-state index contributed by atoms with van der Waals surface area (Å²) >= 11 is 0. The van der Waals surface area contributed by atoms with Gasteiger partial charge in [-0.25, -0.2) is 4.79 Å². The van der Waals surface area contributed by atoms with Crippen LogP contribution in [0, 0.1) is 0 Å². The Morgan fingerprint density at radius 1 is 1.22 bits per heavy atom. The van der Waals surface area contributed by atoms with E-state index in [1.165, 1.54) is 0 Å². The van der Waals surface area contributed by atoms with E-state index in [1.54, 1.807) is 0 Å². The fourth-order valence-electron chi connectivity index (χ4n) is 1.79. The van der Waals surface area contributed by atoms with E-state index in [9.17, 15) is 4.79 Å². The number of carbonyl (C=O) groups excluding carboxylic acids is 1. The van der Waals surface area contributed by atoms with Crippen LogP contribution >= 0.6 is 0 Å². The highest BCUT2D eigenvalue weighted by atomic mass is 16.7. The van der Waals surface area contributed by atoms with Gasteiger partial charge >= 0.3 is 6.16 Å². The Hall–Kier alpha value is -1.71. The Bertz CT molecular complexity index is 375. The van der Waals surface area contributed by atoms with Crippen LogP contribution in [0.3, 0.4) is 0 Å². The first kappa shape index (κ1) is 12.7. The summed E-state index contributed by atoms with van der Waals surface area (Å²) in [6, 6.07) is 7.88. The third-order valence-electron chi connectivity index (χ3n) is 2.92. The van der Waals surface area contributed by atoms with Gasteiger partial charge in [-0.05, 0) is 24.1 Å². The van der Waals surface area contributed by atoms with E-state index in [2.05, 4.69) is 6.92 Å². The second-order valence-corrected chi connectivity index (χ2v) is 4.34. The molecule has 0 amide bonds. The van der Waals surface area contributed by atoms with Crippen LogP contribution in [0.15, 0.2) is 24.3 Å². The van der Waals surface area contributed by atoms with Gasteiger partial charge in [0.15, 0.2) is 0 Å². The van der Waals surface area contributed by atoms with Crippen LogP contribution in [0.5, 0.6) is 5.75 Å². The number of ether oxygens (including phenoxy) is 3. The van der Waals surface area contributed by atoms with Gasteiger partial charge in [0.25, 0.3) is 0 Å². The van der Waals surface area contributed by atoms with Crippen LogP contribution in [0.4, 0.5) is 4.79 Å². The van der Waals surface area contributed by atoms with Crippen molar-refractivity contribution in [2.75, 3.05) is 19.8 Å². The molecule has 0 unspecified atom stereocenters. The minimum Gasteiger partial charge on any atom is -0.494 e. The summed E-state index contributed by atoms with van der Waals surface area (Å²) in [5.74, 6) is 0.994. The minimum absolute atomic E-state index is 0.118. The first-order chi connectivity index (χ1) is 8.79. The fraction of sp³-hybridized carbons (Fsp3) is 0.500. The maximum absolute atomic E-state index is 10.8. The van der Waals surface area contributed by atoms with Gasteiger partial charge in [-0.2, -0.15) is 0 Å². The monoisotopic (exact) mass is 250 g/mol. The minimum atomic E-state index is -0.578. The summed E-state index contributed by atoms with van der Waals surface area (Å²) in [5.41, 5.74) is 1.10. The Morgan fingerprint density at radius 3 is 2.50 bits per heavy atom. The molecule has 4 nitrogen and oxygen atoms in total. The molecule has 0 saturated carbocycles. The SMILES string of the molecule is CCCCOc1ccc(C2COC(=O)OC2)cc1. The highest BCUT2D eigenvalue weighted by molar-refractivity contribution is 5.60. The van der Waals surface area contributed by atoms with E-state index < -0.39 is 6.16 Å². The number of benzene rings is 1. The molecule has 0 radical (unpaired) electrons. The second kappa shape index (κ2) is 6.28. The van der Waals surface area contributed by atoms with Crippen molar-refractivity contribution in [2.45, 2.75) is 25.7 Å². The van der Waals surface area contributed by atoms with Gasteiger partial charge in [-0.1, -0.05) is 25.5 Å². The van der Waals surface area contributed by atoms with Crippen LogP contribution in [0.1, 0.15) is 31.2 Å². The molecule has 0 spiro atoms. The van der Waals surface area contributed by atoms with E-state index in [1.807, 2.05) is 24.3 Å². The lowest BCUT2D eigenvalue weighted by molar-refractivity contribution is 0.00720. The van der Waals surface area contributed by atoms with Gasteiger partial charge in [-0.3, -0.25) is 0 Å². The lowest BCUT2D eigenvalue weighted by Crippen LogP contribution is -2.25. The number of carbonyl (C=O) groups is 1. The molecule has 1 aliphatic rings. The van der Waals surface area contributed by atoms with E-state index in [0.29, 0.717) is 13.2 Å². The molecule has 1 aromatic rings. The molecule has 1 heterocycles. The van der Waals surface area contributed by atoms with Crippen molar-refractivity contribution in [1.29, 1.82) is 0 Å². The molecule has 18 heavy (non-hydrogen) atoms. The standard InChI is InChI=1S/C14H18O4/c1-2-3-8-16-13-6-4-11(5-7-13)12-9-17-14(15)18-10-12/h4-7,12H,2-3,8-10H2,1H3. The molecule has 0 aromatic heterocycles. The molecule has 0 bridgehead atoms. The number of rotatable bonds is 5. The highest BCUT2D eigenvalue weighted by Gasteiger charge is 2.22. The van der Waals surface area contributed by atoms with Gasteiger partial charge < -0.3 is 14.2 Å². The van der Waals surface area contributed by atoms with Gasteiger partial charge in [-0.15, -0.1) is 0 Å². The first-order valence-electron chi connectivity index (χ1n) is 6.32. The molecule has 1 aliphatic heterocycles. The first-order valence-corrected chi connectivity index (χ1v) is 6.32. The third-order valence-corrected chi connectivity index (χ3v) is 2.92. The molecule has 4 heteroatoms. The molecular weight excluding hydrogens is 232 g/mol. The van der Waals surface area contributed by atoms with Crippen LogP contribution < -0.4 is 4.74 Å². The smallest absolute Gasteiger partial charge is 0.494 e. The molecule has 0 N–H and O–H groups in total. The van der Waals surface area contributed by atoms with Crippen molar-refractivity contribution in [3.05, 3.63) is 29.8 Å². The predicted octanol–water partition coefficient (Wildman–Crippen LogP) is 3.12. The molecule has 1 saturated heterocycles. The Labute approximate surface area is 107 Å². The second-order valence-electron chi connectivity index (χ2n) is 4.34. The van der Waals surface area contributed by atoms with Crippen molar-refractivity contribution in [2.24, 2.45) is 0 Å². The normalized spacial score (nSPS) is 15.9. The lowest BCUT2D eigenvalue weighted by atomic mass is 10.0. The van der Waals surface area contributed by atoms with Crippen LogP contribution in [0.2, 0.25) is 0 Å². The third kappa shape index (κ3) is 3.39. The molecular formula is C14H18O4. The van der Waals surface area contributed by atoms with Crippen LogP contribution in [-0.2, 0) is 9.47 Å². The number of hydrogen-bond donors (Lipinski definition) is 0. The fourth-order valence-corrected chi connectivity index (χ4v) is 1.79.